The summed E-state index contributed by atoms with van der Waals surface area (Å²) in [6.45, 7) is 26.4. The molecule has 2 aliphatic carbocycles. The van der Waals surface area contributed by atoms with Crippen molar-refractivity contribution in [3.63, 3.8) is 0 Å². The summed E-state index contributed by atoms with van der Waals surface area (Å²) in [7, 11) is 0. The van der Waals surface area contributed by atoms with Crippen molar-refractivity contribution in [2.24, 2.45) is 45.3 Å². The van der Waals surface area contributed by atoms with E-state index < -0.39 is 121 Å². The van der Waals surface area contributed by atoms with Crippen molar-refractivity contribution in [1.29, 1.82) is 0 Å². The zero-order chi connectivity index (χ0) is 46.3. The summed E-state index contributed by atoms with van der Waals surface area (Å²) in [6.07, 6.45) is -0.660. The highest BCUT2D eigenvalue weighted by atomic mass is 16.5. The van der Waals surface area contributed by atoms with Crippen LogP contribution in [0, 0.1) is 45.3 Å². The molecule has 0 spiro atoms. The van der Waals surface area contributed by atoms with Crippen LogP contribution in [0.1, 0.15) is 166 Å². The number of carbonyl (C=O) groups excluding carboxylic acids is 6. The van der Waals surface area contributed by atoms with Crippen LogP contribution in [0.5, 0.6) is 34.5 Å². The maximum Gasteiger partial charge on any atom is 0.175 e. The highest BCUT2D eigenvalue weighted by Crippen LogP contribution is 2.62. The number of benzene rings is 2. The molecular weight excluding hydrogens is 781 g/mol. The number of Topliss-reactive ketones (excluding diaryl/α,β-unsaturated/α-hetero) is 6. The van der Waals surface area contributed by atoms with E-state index in [-0.39, 0.29) is 67.5 Å². The van der Waals surface area contributed by atoms with Crippen molar-refractivity contribution in [2.45, 2.75) is 129 Å². The number of hydrogen-bond acceptors (Lipinski definition) is 12. The molecule has 2 atom stereocenters. The molecule has 6 rings (SSSR count). The maximum absolute atomic E-state index is 14.4. The average Bonchev–Trinajstić information content (AvgIpc) is 3.16. The smallest absolute Gasteiger partial charge is 0.175 e. The summed E-state index contributed by atoms with van der Waals surface area (Å²) in [5.41, 5.74) is -6.59. The zero-order valence-corrected chi connectivity index (χ0v) is 38.2. The lowest BCUT2D eigenvalue weighted by atomic mass is 9.59. The molecule has 328 valence electrons. The largest absolute Gasteiger partial charge is 0.507 e. The molecule has 12 heteroatoms. The lowest BCUT2D eigenvalue weighted by Gasteiger charge is -2.46. The van der Waals surface area contributed by atoms with Crippen molar-refractivity contribution in [2.75, 3.05) is 0 Å². The minimum absolute atomic E-state index is 0.00962. The van der Waals surface area contributed by atoms with Crippen molar-refractivity contribution >= 4 is 34.7 Å². The third kappa shape index (κ3) is 6.04. The van der Waals surface area contributed by atoms with Gasteiger partial charge < -0.3 is 29.9 Å². The SMILES string of the molecule is CC(C)C(=O)c1c(O)c(Cc2c(O)c(C(=O)C(C)C)c3c(c2O)C(C(C)C)C2=C(O3)C(C)(C)C(=O)C(C)(C)C2=O)c(O)c2c1OC1=C(C(=O)C(C)(C)C(=O)C1(C)C)C2C(C)C. The van der Waals surface area contributed by atoms with Gasteiger partial charge in [0.2, 0.25) is 0 Å². The van der Waals surface area contributed by atoms with Crippen LogP contribution in [0.2, 0.25) is 0 Å². The van der Waals surface area contributed by atoms with E-state index in [1.807, 2.05) is 27.7 Å². The molecule has 4 N–H and O–H groups in total. The van der Waals surface area contributed by atoms with Crippen molar-refractivity contribution in [3.8, 4) is 34.5 Å². The molecule has 0 bridgehead atoms. The molecule has 0 amide bonds. The molecule has 4 aliphatic rings. The number of fused-ring (bicyclic) bond motifs is 2. The average molecular weight is 841 g/mol. The number of aromatic hydroxyl groups is 4. The van der Waals surface area contributed by atoms with Crippen molar-refractivity contribution in [1.82, 2.24) is 0 Å². The maximum atomic E-state index is 14.4. The normalized spacial score (nSPS) is 22.3. The van der Waals surface area contributed by atoms with Crippen LogP contribution in [-0.4, -0.2) is 55.1 Å². The second-order valence-electron chi connectivity index (χ2n) is 20.8. The molecule has 12 nitrogen and oxygen atoms in total. The van der Waals surface area contributed by atoms with Crippen molar-refractivity contribution in [3.05, 3.63) is 56.0 Å². The van der Waals surface area contributed by atoms with E-state index in [4.69, 9.17) is 9.47 Å². The number of phenols is 4. The van der Waals surface area contributed by atoms with Gasteiger partial charge in [-0.1, -0.05) is 55.4 Å². The van der Waals surface area contributed by atoms with Gasteiger partial charge in [0, 0.05) is 63.5 Å². The fraction of sp³-hybridized carbons (Fsp3) is 0.551. The first-order valence-corrected chi connectivity index (χ1v) is 21.2. The molecule has 2 heterocycles. The highest BCUT2D eigenvalue weighted by Gasteiger charge is 2.60. The molecule has 2 aromatic carbocycles. The molecule has 0 fully saturated rings. The molecular formula is C49H60O12. The molecule has 0 aromatic heterocycles. The van der Waals surface area contributed by atoms with Crippen LogP contribution in [0.4, 0.5) is 0 Å². The molecule has 61 heavy (non-hydrogen) atoms. The molecule has 2 aromatic rings. The van der Waals surface area contributed by atoms with Crippen LogP contribution < -0.4 is 9.47 Å². The number of hydrogen-bond donors (Lipinski definition) is 4. The summed E-state index contributed by atoms with van der Waals surface area (Å²) >= 11 is 0. The summed E-state index contributed by atoms with van der Waals surface area (Å²) in [5.74, 6) is -10.2. The summed E-state index contributed by atoms with van der Waals surface area (Å²) < 4.78 is 12.9. The minimum Gasteiger partial charge on any atom is -0.507 e. The third-order valence-corrected chi connectivity index (χ3v) is 13.5. The Morgan fingerprint density at radius 2 is 0.803 bits per heavy atom. The van der Waals surface area contributed by atoms with Gasteiger partial charge in [0.1, 0.15) is 57.1 Å². The van der Waals surface area contributed by atoms with Gasteiger partial charge in [-0.25, -0.2) is 0 Å². The molecule has 0 saturated heterocycles. The van der Waals surface area contributed by atoms with Crippen LogP contribution in [0.3, 0.4) is 0 Å². The van der Waals surface area contributed by atoms with Gasteiger partial charge in [0.25, 0.3) is 0 Å². The number of carbonyl (C=O) groups is 6. The van der Waals surface area contributed by atoms with Gasteiger partial charge in [0.15, 0.2) is 34.7 Å². The van der Waals surface area contributed by atoms with Crippen LogP contribution in [0.25, 0.3) is 0 Å². The second kappa shape index (κ2) is 14.1. The Kier molecular flexibility index (Phi) is 10.5. The quantitative estimate of drug-likeness (QED) is 0.145. The first-order chi connectivity index (χ1) is 27.8. The summed E-state index contributed by atoms with van der Waals surface area (Å²) in [5, 5.41) is 49.5. The van der Waals surface area contributed by atoms with E-state index in [1.165, 1.54) is 27.7 Å². The van der Waals surface area contributed by atoms with Gasteiger partial charge in [-0.15, -0.1) is 0 Å². The Morgan fingerprint density at radius 1 is 0.508 bits per heavy atom. The first-order valence-electron chi connectivity index (χ1n) is 21.2. The highest BCUT2D eigenvalue weighted by molar-refractivity contribution is 6.21. The summed E-state index contributed by atoms with van der Waals surface area (Å²) in [6, 6.07) is 0. The van der Waals surface area contributed by atoms with Crippen LogP contribution in [0.15, 0.2) is 22.7 Å². The number of rotatable bonds is 8. The number of ether oxygens (including phenoxy) is 2. The van der Waals surface area contributed by atoms with Gasteiger partial charge in [0.05, 0.1) is 21.7 Å². The Balaban J connectivity index is 1.71. The summed E-state index contributed by atoms with van der Waals surface area (Å²) in [4.78, 5) is 84.9. The first kappa shape index (κ1) is 45.3. The number of allylic oxidation sites excluding steroid dienone is 4. The predicted octanol–water partition coefficient (Wildman–Crippen LogP) is 8.96. The topological polar surface area (TPSA) is 202 Å². The monoisotopic (exact) mass is 840 g/mol. The van der Waals surface area contributed by atoms with Crippen LogP contribution in [-0.2, 0) is 25.6 Å². The van der Waals surface area contributed by atoms with E-state index in [1.54, 1.807) is 55.4 Å². The zero-order valence-electron chi connectivity index (χ0n) is 38.2. The van der Waals surface area contributed by atoms with Gasteiger partial charge in [-0.3, -0.25) is 28.8 Å². The van der Waals surface area contributed by atoms with Gasteiger partial charge in [-0.05, 0) is 67.2 Å². The number of ketones is 6. The van der Waals surface area contributed by atoms with E-state index in [2.05, 4.69) is 0 Å². The lowest BCUT2D eigenvalue weighted by Crippen LogP contribution is -2.52. The Hall–Kier alpha value is -5.26. The predicted molar refractivity (Wildman–Crippen MR) is 226 cm³/mol. The Bertz CT molecular complexity index is 2290. The second-order valence-corrected chi connectivity index (χ2v) is 20.8. The standard InChI is InChI=1S/C49H60O12/c1-18(2)24-26-34(52)22(36(54)30(32(50)20(5)6)38(26)60-42-28(24)40(56)46(9,10)44(58)48(42,13)14)17-23-35(53)27-25(19(3)4)29-41(57)47(11,12)45(59)49(15,16)43(29)61-39(27)31(37(23)55)33(51)21(7)8/h18-21,24-25,52-55H,17H2,1-16H3. The molecule has 0 saturated carbocycles. The minimum atomic E-state index is -1.47. The fourth-order valence-corrected chi connectivity index (χ4v) is 10.2. The van der Waals surface area contributed by atoms with Gasteiger partial charge >= 0.3 is 0 Å². The van der Waals surface area contributed by atoms with E-state index in [0.29, 0.717) is 0 Å². The number of phenolic OH excluding ortho intramolecular Hbond substituents is 4. The van der Waals surface area contributed by atoms with Gasteiger partial charge in [-0.2, -0.15) is 0 Å². The molecule has 0 radical (unpaired) electrons. The van der Waals surface area contributed by atoms with E-state index in [9.17, 15) is 49.2 Å². The lowest BCUT2D eigenvalue weighted by molar-refractivity contribution is -0.146. The molecule has 2 unspecified atom stereocenters. The Labute approximate surface area is 357 Å². The Morgan fingerprint density at radius 3 is 1.07 bits per heavy atom. The molecule has 2 aliphatic heterocycles. The van der Waals surface area contributed by atoms with E-state index in [0.717, 1.165) is 0 Å². The third-order valence-electron chi connectivity index (χ3n) is 13.5. The fourth-order valence-electron chi connectivity index (χ4n) is 10.2. The van der Waals surface area contributed by atoms with Crippen LogP contribution >= 0.6 is 0 Å². The van der Waals surface area contributed by atoms with E-state index >= 15 is 0 Å². The van der Waals surface area contributed by atoms with Crippen molar-refractivity contribution < 1.29 is 58.7 Å².